The molecule has 2 heterocycles. The van der Waals surface area contributed by atoms with Crippen molar-refractivity contribution in [1.82, 2.24) is 10.2 Å². The fourth-order valence-electron chi connectivity index (χ4n) is 6.19. The van der Waals surface area contributed by atoms with Crippen molar-refractivity contribution >= 4 is 11.7 Å². The van der Waals surface area contributed by atoms with Crippen molar-refractivity contribution in [2.45, 2.75) is 23.8 Å². The molecule has 0 aromatic heterocycles. The number of rotatable bonds is 5. The Kier molecular flexibility index (Phi) is 5.12. The molecule has 3 aliphatic rings. The van der Waals surface area contributed by atoms with Gasteiger partial charge < -0.3 is 34.3 Å². The number of benzene rings is 2. The number of nitrogens with one attached hydrogen (secondary N) is 1. The Labute approximate surface area is 209 Å². The number of nitriles is 1. The van der Waals surface area contributed by atoms with E-state index in [1.807, 2.05) is 0 Å². The summed E-state index contributed by atoms with van der Waals surface area (Å²) < 4.78 is 23.3. The molecular weight excluding hydrogens is 464 g/mol. The van der Waals surface area contributed by atoms with Crippen molar-refractivity contribution in [2.24, 2.45) is 16.8 Å². The summed E-state index contributed by atoms with van der Waals surface area (Å²) in [5.74, 6) is -0.628. The van der Waals surface area contributed by atoms with Crippen molar-refractivity contribution in [3.63, 3.8) is 0 Å². The summed E-state index contributed by atoms with van der Waals surface area (Å²) in [6.07, 6.45) is 0. The van der Waals surface area contributed by atoms with Crippen molar-refractivity contribution in [1.29, 1.82) is 5.26 Å². The zero-order chi connectivity index (χ0) is 26.0. The quantitative estimate of drug-likeness (QED) is 0.647. The zero-order valence-corrected chi connectivity index (χ0v) is 20.9. The number of aliphatic hydroxyl groups is 1. The number of aliphatic imine (C=N–C) groups is 1. The fraction of sp³-hybridized carbons (Fsp3) is 0.423. The van der Waals surface area contributed by atoms with Crippen LogP contribution >= 0.6 is 0 Å². The third kappa shape index (κ3) is 2.58. The summed E-state index contributed by atoms with van der Waals surface area (Å²) in [6, 6.07) is 12.7. The van der Waals surface area contributed by atoms with E-state index < -0.39 is 34.6 Å². The summed E-state index contributed by atoms with van der Waals surface area (Å²) in [6.45, 7) is 1.70. The van der Waals surface area contributed by atoms with E-state index in [9.17, 15) is 15.2 Å². The van der Waals surface area contributed by atoms with Gasteiger partial charge in [-0.15, -0.1) is 0 Å². The predicted octanol–water partition coefficient (Wildman–Crippen LogP) is 1.76. The maximum absolute atomic E-state index is 13.6. The first-order valence-electron chi connectivity index (χ1n) is 11.4. The molecule has 36 heavy (non-hydrogen) atoms. The number of methoxy groups -OCH3 is 3. The van der Waals surface area contributed by atoms with Gasteiger partial charge >= 0.3 is 0 Å². The third-order valence-electron chi connectivity index (χ3n) is 7.53. The molecule has 2 aromatic carbocycles. The summed E-state index contributed by atoms with van der Waals surface area (Å²) in [7, 11) is 7.75. The van der Waals surface area contributed by atoms with Gasteiger partial charge in [0.05, 0.1) is 38.8 Å². The average molecular weight is 493 g/mol. The molecule has 1 fully saturated rings. The van der Waals surface area contributed by atoms with Crippen LogP contribution in [0.15, 0.2) is 41.4 Å². The maximum atomic E-state index is 13.6. The van der Waals surface area contributed by atoms with E-state index in [1.54, 1.807) is 64.5 Å². The van der Waals surface area contributed by atoms with Crippen LogP contribution in [0.4, 0.5) is 0 Å². The minimum Gasteiger partial charge on any atom is -0.497 e. The van der Waals surface area contributed by atoms with Gasteiger partial charge in [-0.3, -0.25) is 4.79 Å². The van der Waals surface area contributed by atoms with E-state index in [-0.39, 0.29) is 0 Å². The van der Waals surface area contributed by atoms with Crippen LogP contribution in [0, 0.1) is 23.2 Å². The normalized spacial score (nSPS) is 31.1. The van der Waals surface area contributed by atoms with Gasteiger partial charge in [0.2, 0.25) is 11.6 Å². The summed E-state index contributed by atoms with van der Waals surface area (Å²) >= 11 is 0. The lowest BCUT2D eigenvalue weighted by atomic mass is 9.69. The van der Waals surface area contributed by atoms with Crippen LogP contribution in [-0.4, -0.2) is 62.9 Å². The highest BCUT2D eigenvalue weighted by Gasteiger charge is 2.86. The number of nitrogens with zero attached hydrogens (tertiary/aromatic N) is 3. The Balaban J connectivity index is 1.93. The first-order chi connectivity index (χ1) is 17.1. The molecule has 2 aromatic rings. The number of carbonyl (C=O) groups excluding carboxylic acids is 1. The van der Waals surface area contributed by atoms with E-state index in [2.05, 4.69) is 16.4 Å². The molecule has 0 bridgehead atoms. The van der Waals surface area contributed by atoms with Gasteiger partial charge in [-0.1, -0.05) is 12.1 Å². The second kappa shape index (κ2) is 7.77. The van der Waals surface area contributed by atoms with Gasteiger partial charge in [-0.05, 0) is 24.6 Å². The largest absolute Gasteiger partial charge is 0.497 e. The zero-order valence-electron chi connectivity index (χ0n) is 20.9. The standard InChI is InChI=1S/C26H28N4O6/c1-14-28-25-22-19(35-6)11-17(34-5)12-20(22)36-24(25,15-7-9-16(33-4)10-8-15)18(13-27)21(23(31)30(2)3)26(25,32)29-14/h7-12,18,21,32H,1-6H3,(H,28,29)/t18-,21?,24+,25-,26-/m1/s1. The molecule has 2 N–H and O–H groups in total. The Hall–Kier alpha value is -3.97. The van der Waals surface area contributed by atoms with E-state index in [0.717, 1.165) is 0 Å². The first kappa shape index (κ1) is 23.8. The first-order valence-corrected chi connectivity index (χ1v) is 11.4. The molecule has 0 saturated heterocycles. The second-order valence-corrected chi connectivity index (χ2v) is 9.38. The van der Waals surface area contributed by atoms with Crippen molar-refractivity contribution in [3.05, 3.63) is 47.5 Å². The van der Waals surface area contributed by atoms with Crippen molar-refractivity contribution < 1.29 is 28.8 Å². The lowest BCUT2D eigenvalue weighted by Gasteiger charge is -2.42. The number of hydrogen-bond acceptors (Lipinski definition) is 9. The number of fused-ring (bicyclic) bond motifs is 1. The number of carbonyl (C=O) groups is 1. The Morgan fingerprint density at radius 3 is 2.36 bits per heavy atom. The molecule has 1 aliphatic carbocycles. The molecule has 2 aliphatic heterocycles. The lowest BCUT2D eigenvalue weighted by molar-refractivity contribution is -0.144. The maximum Gasteiger partial charge on any atom is 0.231 e. The SMILES string of the molecule is COc1ccc([C@@]23Oc4cc(OC)cc(OC)c4[C@@]24NC(C)=N[C@@]4(O)C(C(=O)N(C)C)[C@H]3C#N)cc1. The van der Waals surface area contributed by atoms with Crippen LogP contribution in [0.25, 0.3) is 0 Å². The van der Waals surface area contributed by atoms with Crippen molar-refractivity contribution in [3.8, 4) is 29.1 Å². The van der Waals surface area contributed by atoms with Gasteiger partial charge in [0.1, 0.15) is 34.8 Å². The number of hydrogen-bond donors (Lipinski definition) is 2. The molecule has 10 nitrogen and oxygen atoms in total. The highest BCUT2D eigenvalue weighted by Crippen LogP contribution is 2.72. The smallest absolute Gasteiger partial charge is 0.231 e. The van der Waals surface area contributed by atoms with E-state index in [1.165, 1.54) is 19.1 Å². The van der Waals surface area contributed by atoms with Gasteiger partial charge in [0.25, 0.3) is 0 Å². The molecular formula is C26H28N4O6. The molecule has 1 unspecified atom stereocenters. The van der Waals surface area contributed by atoms with Crippen LogP contribution in [0.5, 0.6) is 23.0 Å². The molecule has 5 atom stereocenters. The van der Waals surface area contributed by atoms with Gasteiger partial charge in [-0.2, -0.15) is 5.26 Å². The number of amidine groups is 1. The van der Waals surface area contributed by atoms with Gasteiger partial charge in [-0.25, -0.2) is 4.99 Å². The van der Waals surface area contributed by atoms with E-state index in [0.29, 0.717) is 40.0 Å². The summed E-state index contributed by atoms with van der Waals surface area (Å²) in [4.78, 5) is 19.6. The highest BCUT2D eigenvalue weighted by molar-refractivity contribution is 5.91. The molecule has 0 radical (unpaired) electrons. The number of amides is 1. The Bertz CT molecular complexity index is 1320. The molecule has 188 valence electrons. The topological polar surface area (TPSA) is 126 Å². The Morgan fingerprint density at radius 1 is 1.14 bits per heavy atom. The summed E-state index contributed by atoms with van der Waals surface area (Å²) in [5, 5.41) is 26.5. The highest BCUT2D eigenvalue weighted by atomic mass is 16.5. The third-order valence-corrected chi connectivity index (χ3v) is 7.53. The number of ether oxygens (including phenoxy) is 4. The van der Waals surface area contributed by atoms with Gasteiger partial charge in [0.15, 0.2) is 11.1 Å². The van der Waals surface area contributed by atoms with E-state index in [4.69, 9.17) is 18.9 Å². The van der Waals surface area contributed by atoms with Crippen LogP contribution in [0.2, 0.25) is 0 Å². The molecule has 1 amide bonds. The van der Waals surface area contributed by atoms with Crippen LogP contribution < -0.4 is 24.3 Å². The van der Waals surface area contributed by atoms with Crippen molar-refractivity contribution in [2.75, 3.05) is 35.4 Å². The molecule has 1 saturated carbocycles. The molecule has 5 rings (SSSR count). The van der Waals surface area contributed by atoms with Gasteiger partial charge in [0, 0.05) is 26.2 Å². The Morgan fingerprint density at radius 2 is 1.81 bits per heavy atom. The van der Waals surface area contributed by atoms with Crippen LogP contribution in [-0.2, 0) is 15.9 Å². The van der Waals surface area contributed by atoms with Crippen LogP contribution in [0.1, 0.15) is 18.1 Å². The summed E-state index contributed by atoms with van der Waals surface area (Å²) in [5.41, 5.74) is -4.19. The predicted molar refractivity (Wildman–Crippen MR) is 129 cm³/mol. The minimum atomic E-state index is -2.08. The monoisotopic (exact) mass is 492 g/mol. The lowest BCUT2D eigenvalue weighted by Crippen LogP contribution is -2.63. The average Bonchev–Trinajstić information content (AvgIpc) is 3.38. The van der Waals surface area contributed by atoms with E-state index >= 15 is 0 Å². The molecule has 10 heteroatoms. The fourth-order valence-corrected chi connectivity index (χ4v) is 6.19. The molecule has 1 spiro atoms. The second-order valence-electron chi connectivity index (χ2n) is 9.38. The minimum absolute atomic E-state index is 0.355. The van der Waals surface area contributed by atoms with Crippen LogP contribution in [0.3, 0.4) is 0 Å².